The predicted molar refractivity (Wildman–Crippen MR) is 50.0 cm³/mol. The number of hydrogen-bond donors (Lipinski definition) is 0. The molecular formula is C8H8BrF2NO2. The van der Waals surface area contributed by atoms with E-state index in [1.165, 1.54) is 20.3 Å². The fraction of sp³-hybridized carbons (Fsp3) is 0.375. The summed E-state index contributed by atoms with van der Waals surface area (Å²) in [6.07, 6.45) is -2.63. The molecule has 6 heteroatoms. The van der Waals surface area contributed by atoms with Crippen LogP contribution in [0.15, 0.2) is 10.7 Å². The number of methoxy groups -OCH3 is 2. The van der Waals surface area contributed by atoms with Crippen LogP contribution >= 0.6 is 15.9 Å². The maximum atomic E-state index is 12.5. The van der Waals surface area contributed by atoms with Crippen molar-refractivity contribution in [1.82, 2.24) is 4.98 Å². The van der Waals surface area contributed by atoms with E-state index in [4.69, 9.17) is 9.47 Å². The number of alkyl halides is 2. The number of pyridine rings is 1. The Labute approximate surface area is 88.2 Å². The Bertz CT molecular complexity index is 333. The van der Waals surface area contributed by atoms with E-state index in [1.807, 2.05) is 0 Å². The van der Waals surface area contributed by atoms with Gasteiger partial charge >= 0.3 is 0 Å². The standard InChI is InChI=1S/C8H8BrF2NO2/c1-13-6-4(7(10)11)3-5(9)12-8(6)14-2/h3,7H,1-2H3. The topological polar surface area (TPSA) is 31.4 Å². The van der Waals surface area contributed by atoms with Gasteiger partial charge in [-0.1, -0.05) is 0 Å². The van der Waals surface area contributed by atoms with Gasteiger partial charge in [0.1, 0.15) is 4.60 Å². The predicted octanol–water partition coefficient (Wildman–Crippen LogP) is 2.80. The van der Waals surface area contributed by atoms with E-state index in [1.54, 1.807) is 0 Å². The Morgan fingerprint density at radius 3 is 2.43 bits per heavy atom. The van der Waals surface area contributed by atoms with Crippen LogP contribution in [-0.2, 0) is 0 Å². The molecule has 0 bridgehead atoms. The van der Waals surface area contributed by atoms with Crippen molar-refractivity contribution in [3.05, 3.63) is 16.2 Å². The summed E-state index contributed by atoms with van der Waals surface area (Å²) in [5, 5.41) is 0. The molecular weight excluding hydrogens is 260 g/mol. The number of aromatic nitrogens is 1. The van der Waals surface area contributed by atoms with Gasteiger partial charge in [-0.15, -0.1) is 0 Å². The van der Waals surface area contributed by atoms with Crippen LogP contribution in [0, 0.1) is 0 Å². The third-order valence-corrected chi connectivity index (χ3v) is 1.98. The molecule has 0 fully saturated rings. The summed E-state index contributed by atoms with van der Waals surface area (Å²) in [4.78, 5) is 3.84. The lowest BCUT2D eigenvalue weighted by Crippen LogP contribution is -1.99. The quantitative estimate of drug-likeness (QED) is 0.790. The maximum Gasteiger partial charge on any atom is 0.267 e. The summed E-state index contributed by atoms with van der Waals surface area (Å²) in [7, 11) is 2.63. The lowest BCUT2D eigenvalue weighted by atomic mass is 10.2. The molecule has 0 atom stereocenters. The van der Waals surface area contributed by atoms with E-state index >= 15 is 0 Å². The molecule has 0 aromatic carbocycles. The Balaban J connectivity index is 3.31. The number of hydrogen-bond acceptors (Lipinski definition) is 3. The molecule has 1 aromatic heterocycles. The van der Waals surface area contributed by atoms with Gasteiger partial charge in [0.25, 0.3) is 12.3 Å². The highest BCUT2D eigenvalue weighted by Crippen LogP contribution is 2.37. The van der Waals surface area contributed by atoms with Gasteiger partial charge in [0.05, 0.1) is 19.8 Å². The Morgan fingerprint density at radius 2 is 2.00 bits per heavy atom. The molecule has 0 amide bonds. The first-order valence-corrected chi connectivity index (χ1v) is 4.46. The summed E-state index contributed by atoms with van der Waals surface area (Å²) >= 11 is 3.01. The van der Waals surface area contributed by atoms with Crippen LogP contribution in [0.2, 0.25) is 0 Å². The zero-order chi connectivity index (χ0) is 10.7. The van der Waals surface area contributed by atoms with Crippen LogP contribution in [0.25, 0.3) is 0 Å². The highest BCUT2D eigenvalue weighted by atomic mass is 79.9. The Morgan fingerprint density at radius 1 is 1.36 bits per heavy atom. The lowest BCUT2D eigenvalue weighted by molar-refractivity contribution is 0.145. The molecule has 0 saturated heterocycles. The molecule has 1 heterocycles. The molecule has 0 saturated carbocycles. The lowest BCUT2D eigenvalue weighted by Gasteiger charge is -2.11. The Kier molecular flexibility index (Phi) is 3.62. The van der Waals surface area contributed by atoms with Crippen LogP contribution in [0.5, 0.6) is 11.6 Å². The number of rotatable bonds is 3. The van der Waals surface area contributed by atoms with Crippen molar-refractivity contribution in [2.75, 3.05) is 14.2 Å². The summed E-state index contributed by atoms with van der Waals surface area (Å²) < 4.78 is 34.9. The largest absolute Gasteiger partial charge is 0.491 e. The van der Waals surface area contributed by atoms with E-state index in [0.717, 1.165) is 0 Å². The van der Waals surface area contributed by atoms with Gasteiger partial charge in [-0.05, 0) is 22.0 Å². The minimum Gasteiger partial charge on any atom is -0.491 e. The Hall–Kier alpha value is -0.910. The van der Waals surface area contributed by atoms with Gasteiger partial charge in [0, 0.05) is 0 Å². The smallest absolute Gasteiger partial charge is 0.267 e. The molecule has 0 unspecified atom stereocenters. The first-order valence-electron chi connectivity index (χ1n) is 3.66. The highest BCUT2D eigenvalue weighted by molar-refractivity contribution is 9.10. The van der Waals surface area contributed by atoms with Gasteiger partial charge in [0.15, 0.2) is 5.75 Å². The molecule has 14 heavy (non-hydrogen) atoms. The molecule has 0 radical (unpaired) electrons. The van der Waals surface area contributed by atoms with Crippen molar-refractivity contribution in [2.24, 2.45) is 0 Å². The van der Waals surface area contributed by atoms with Crippen LogP contribution in [-0.4, -0.2) is 19.2 Å². The maximum absolute atomic E-state index is 12.5. The summed E-state index contributed by atoms with van der Waals surface area (Å²) in [6.45, 7) is 0. The zero-order valence-corrected chi connectivity index (χ0v) is 9.14. The minimum absolute atomic E-state index is 0.0364. The van der Waals surface area contributed by atoms with Crippen molar-refractivity contribution < 1.29 is 18.3 Å². The third kappa shape index (κ3) is 2.12. The molecule has 0 aliphatic rings. The zero-order valence-electron chi connectivity index (χ0n) is 7.55. The minimum atomic E-state index is -2.63. The molecule has 3 nitrogen and oxygen atoms in total. The third-order valence-electron chi connectivity index (χ3n) is 1.57. The molecule has 0 aliphatic carbocycles. The summed E-state index contributed by atoms with van der Waals surface area (Å²) in [5.41, 5.74) is -0.244. The molecule has 0 aliphatic heterocycles. The van der Waals surface area contributed by atoms with E-state index in [2.05, 4.69) is 20.9 Å². The van der Waals surface area contributed by atoms with Gasteiger partial charge in [-0.25, -0.2) is 13.8 Å². The molecule has 0 N–H and O–H groups in total. The first kappa shape index (κ1) is 11.2. The average molecular weight is 268 g/mol. The molecule has 0 spiro atoms. The number of nitrogens with zero attached hydrogens (tertiary/aromatic N) is 1. The van der Waals surface area contributed by atoms with Crippen LogP contribution in [0.3, 0.4) is 0 Å². The van der Waals surface area contributed by atoms with Gasteiger partial charge in [-0.2, -0.15) is 0 Å². The summed E-state index contributed by atoms with van der Waals surface area (Å²) in [6, 6.07) is 1.20. The van der Waals surface area contributed by atoms with Crippen molar-refractivity contribution in [3.8, 4) is 11.6 Å². The number of ether oxygens (including phenoxy) is 2. The highest BCUT2D eigenvalue weighted by Gasteiger charge is 2.20. The van der Waals surface area contributed by atoms with E-state index in [-0.39, 0.29) is 21.8 Å². The number of halogens is 3. The van der Waals surface area contributed by atoms with Crippen LogP contribution in [0.4, 0.5) is 8.78 Å². The van der Waals surface area contributed by atoms with E-state index in [0.29, 0.717) is 0 Å². The summed E-state index contributed by atoms with van der Waals surface area (Å²) in [5.74, 6) is 0.00266. The molecule has 1 rings (SSSR count). The van der Waals surface area contributed by atoms with Crippen molar-refractivity contribution in [3.63, 3.8) is 0 Å². The fourth-order valence-corrected chi connectivity index (χ4v) is 1.41. The van der Waals surface area contributed by atoms with Crippen molar-refractivity contribution >= 4 is 15.9 Å². The monoisotopic (exact) mass is 267 g/mol. The normalized spacial score (nSPS) is 10.4. The van der Waals surface area contributed by atoms with Crippen LogP contribution in [0.1, 0.15) is 12.0 Å². The van der Waals surface area contributed by atoms with Gasteiger partial charge in [-0.3, -0.25) is 0 Å². The van der Waals surface area contributed by atoms with Gasteiger partial charge < -0.3 is 9.47 Å². The van der Waals surface area contributed by atoms with Gasteiger partial charge in [0.2, 0.25) is 0 Å². The van der Waals surface area contributed by atoms with Crippen molar-refractivity contribution in [2.45, 2.75) is 6.43 Å². The average Bonchev–Trinajstić information content (AvgIpc) is 2.16. The second-order valence-electron chi connectivity index (χ2n) is 2.38. The second-order valence-corrected chi connectivity index (χ2v) is 3.19. The fourth-order valence-electron chi connectivity index (χ4n) is 1.00. The molecule has 78 valence electrons. The van der Waals surface area contributed by atoms with Crippen LogP contribution < -0.4 is 9.47 Å². The van der Waals surface area contributed by atoms with E-state index < -0.39 is 6.43 Å². The van der Waals surface area contributed by atoms with Crippen molar-refractivity contribution in [1.29, 1.82) is 0 Å². The van der Waals surface area contributed by atoms with E-state index in [9.17, 15) is 8.78 Å². The molecule has 1 aromatic rings. The first-order chi connectivity index (χ1) is 6.60. The second kappa shape index (κ2) is 4.54. The SMILES string of the molecule is COc1nc(Br)cc(C(F)F)c1OC.